The zero-order valence-electron chi connectivity index (χ0n) is 33.9. The molecule has 1 aliphatic rings. The number of para-hydroxylation sites is 4. The van der Waals surface area contributed by atoms with Crippen molar-refractivity contribution in [3.63, 3.8) is 0 Å². The summed E-state index contributed by atoms with van der Waals surface area (Å²) in [6, 6.07) is 70.4. The molecule has 0 atom stereocenters. The van der Waals surface area contributed by atoms with Crippen LogP contribution < -0.4 is 4.90 Å². The van der Waals surface area contributed by atoms with Crippen molar-refractivity contribution in [2.45, 2.75) is 38.0 Å². The number of furan rings is 2. The Balaban J connectivity index is 1.04. The molecule has 2 heterocycles. The van der Waals surface area contributed by atoms with Gasteiger partial charge in [0.1, 0.15) is 22.3 Å². The van der Waals surface area contributed by atoms with Crippen LogP contribution in [0.15, 0.2) is 203 Å². The van der Waals surface area contributed by atoms with Crippen LogP contribution in [-0.2, 0) is 0 Å². The van der Waals surface area contributed by atoms with E-state index < -0.39 is 0 Å². The molecule has 61 heavy (non-hydrogen) atoms. The van der Waals surface area contributed by atoms with Gasteiger partial charge < -0.3 is 13.7 Å². The zero-order chi connectivity index (χ0) is 40.3. The third-order valence-electron chi connectivity index (χ3n) is 13.1. The normalized spacial score (nSPS) is 13.5. The van der Waals surface area contributed by atoms with Crippen molar-refractivity contribution in [2.75, 3.05) is 4.90 Å². The molecule has 1 fully saturated rings. The molecule has 9 aromatic carbocycles. The lowest BCUT2D eigenvalue weighted by Crippen LogP contribution is -2.12. The number of hydrogen-bond donors (Lipinski definition) is 0. The third-order valence-corrected chi connectivity index (χ3v) is 13.1. The predicted octanol–water partition coefficient (Wildman–Crippen LogP) is 17.2. The molecule has 0 saturated heterocycles. The summed E-state index contributed by atoms with van der Waals surface area (Å²) < 4.78 is 12.8. The molecule has 0 aliphatic heterocycles. The summed E-state index contributed by atoms with van der Waals surface area (Å²) in [5.74, 6) is 0.571. The summed E-state index contributed by atoms with van der Waals surface area (Å²) in [5, 5.41) is 7.21. The van der Waals surface area contributed by atoms with Crippen LogP contribution in [-0.4, -0.2) is 0 Å². The molecule has 11 aromatic rings. The summed E-state index contributed by atoms with van der Waals surface area (Å²) in [5.41, 5.74) is 15.3. The summed E-state index contributed by atoms with van der Waals surface area (Å²) >= 11 is 0. The topological polar surface area (TPSA) is 29.5 Å². The zero-order valence-corrected chi connectivity index (χ0v) is 33.9. The Labute approximate surface area is 355 Å². The highest BCUT2D eigenvalue weighted by atomic mass is 16.3. The number of benzene rings is 9. The SMILES string of the molecule is c1ccc(N(c2ccc(-c3ccc4c(c3)oc3ccccc34)cc2)c2ccccc2-c2cccc3cccc(C4CCCCC4)c23)c(-c2ccc3c(c2)oc2ccccc23)c1. The average molecular weight is 786 g/mol. The van der Waals surface area contributed by atoms with E-state index in [1.807, 2.05) is 24.3 Å². The molecule has 2 aromatic heterocycles. The fraction of sp³-hybridized carbons (Fsp3) is 0.103. The first-order valence-electron chi connectivity index (χ1n) is 21.7. The molecule has 12 rings (SSSR count). The molecule has 292 valence electrons. The maximum atomic E-state index is 6.44. The average Bonchev–Trinajstić information content (AvgIpc) is 3.90. The second-order valence-corrected chi connectivity index (χ2v) is 16.6. The Morgan fingerprint density at radius 1 is 0.377 bits per heavy atom. The molecule has 3 nitrogen and oxygen atoms in total. The van der Waals surface area contributed by atoms with Crippen LogP contribution in [0.2, 0.25) is 0 Å². The maximum absolute atomic E-state index is 6.44. The first-order chi connectivity index (χ1) is 30.2. The van der Waals surface area contributed by atoms with Gasteiger partial charge in [0.25, 0.3) is 0 Å². The molecule has 1 saturated carbocycles. The van der Waals surface area contributed by atoms with E-state index in [0.29, 0.717) is 5.92 Å². The van der Waals surface area contributed by atoms with Gasteiger partial charge in [-0.3, -0.25) is 0 Å². The number of hydrogen-bond acceptors (Lipinski definition) is 3. The van der Waals surface area contributed by atoms with Crippen LogP contribution >= 0.6 is 0 Å². The Morgan fingerprint density at radius 3 is 1.61 bits per heavy atom. The van der Waals surface area contributed by atoms with E-state index in [1.54, 1.807) is 0 Å². The first kappa shape index (κ1) is 35.6. The van der Waals surface area contributed by atoms with E-state index in [4.69, 9.17) is 8.83 Å². The van der Waals surface area contributed by atoms with Crippen LogP contribution in [0, 0.1) is 0 Å². The molecular formula is C58H43NO2. The lowest BCUT2D eigenvalue weighted by atomic mass is 9.80. The summed E-state index contributed by atoms with van der Waals surface area (Å²) in [6.07, 6.45) is 6.43. The Hall–Kier alpha value is -7.36. The Bertz CT molecular complexity index is 3410. The highest BCUT2D eigenvalue weighted by Gasteiger charge is 2.24. The molecule has 0 radical (unpaired) electrons. The van der Waals surface area contributed by atoms with Gasteiger partial charge in [-0.1, -0.05) is 153 Å². The molecule has 1 aliphatic carbocycles. The molecule has 0 amide bonds. The van der Waals surface area contributed by atoms with Crippen LogP contribution in [0.4, 0.5) is 17.1 Å². The van der Waals surface area contributed by atoms with Crippen molar-refractivity contribution in [3.8, 4) is 33.4 Å². The third kappa shape index (κ3) is 6.11. The van der Waals surface area contributed by atoms with Gasteiger partial charge >= 0.3 is 0 Å². The van der Waals surface area contributed by atoms with E-state index in [9.17, 15) is 0 Å². The fourth-order valence-corrected chi connectivity index (χ4v) is 10.2. The summed E-state index contributed by atoms with van der Waals surface area (Å²) in [6.45, 7) is 0. The highest BCUT2D eigenvalue weighted by molar-refractivity contribution is 6.08. The predicted molar refractivity (Wildman–Crippen MR) is 255 cm³/mol. The van der Waals surface area contributed by atoms with Crippen molar-refractivity contribution < 1.29 is 8.83 Å². The minimum Gasteiger partial charge on any atom is -0.456 e. The van der Waals surface area contributed by atoms with E-state index in [2.05, 4.69) is 175 Å². The quantitative estimate of drug-likeness (QED) is 0.161. The molecule has 0 unspecified atom stereocenters. The number of nitrogens with zero attached hydrogens (tertiary/aromatic N) is 1. The van der Waals surface area contributed by atoms with Crippen LogP contribution in [0.25, 0.3) is 88.0 Å². The largest absolute Gasteiger partial charge is 0.456 e. The van der Waals surface area contributed by atoms with E-state index in [-0.39, 0.29) is 0 Å². The maximum Gasteiger partial charge on any atom is 0.136 e. The Morgan fingerprint density at radius 2 is 0.902 bits per heavy atom. The van der Waals surface area contributed by atoms with Gasteiger partial charge in [0, 0.05) is 38.4 Å². The smallest absolute Gasteiger partial charge is 0.136 e. The van der Waals surface area contributed by atoms with Crippen molar-refractivity contribution in [1.29, 1.82) is 0 Å². The first-order valence-corrected chi connectivity index (χ1v) is 21.7. The van der Waals surface area contributed by atoms with Crippen LogP contribution in [0.1, 0.15) is 43.6 Å². The van der Waals surface area contributed by atoms with E-state index >= 15 is 0 Å². The fourth-order valence-electron chi connectivity index (χ4n) is 10.2. The van der Waals surface area contributed by atoms with Gasteiger partial charge in [-0.2, -0.15) is 0 Å². The van der Waals surface area contributed by atoms with Crippen molar-refractivity contribution in [1.82, 2.24) is 0 Å². The lowest BCUT2D eigenvalue weighted by Gasteiger charge is -2.31. The van der Waals surface area contributed by atoms with Gasteiger partial charge in [0.05, 0.1) is 11.4 Å². The standard InChI is InChI=1S/C58H43NO2/c1-2-14-39(15-3-1)45-22-12-16-40-17-13-23-51(58(40)45)46-19-5-9-25-53(46)59(43-32-28-38(29-33-43)41-30-34-49-47-20-6-10-26-54(47)60-56(49)36-41)52-24-8-4-18-44(52)42-31-35-50-48-21-7-11-27-55(48)61-57(50)37-42/h4-13,16-37,39H,1-3,14-15H2. The minimum atomic E-state index is 0.571. The molecule has 0 spiro atoms. The van der Waals surface area contributed by atoms with Crippen molar-refractivity contribution in [2.24, 2.45) is 0 Å². The van der Waals surface area contributed by atoms with Crippen molar-refractivity contribution in [3.05, 3.63) is 200 Å². The van der Waals surface area contributed by atoms with Gasteiger partial charge in [-0.25, -0.2) is 0 Å². The molecule has 0 N–H and O–H groups in total. The van der Waals surface area contributed by atoms with Crippen molar-refractivity contribution >= 4 is 71.7 Å². The van der Waals surface area contributed by atoms with Crippen LogP contribution in [0.3, 0.4) is 0 Å². The van der Waals surface area contributed by atoms with Gasteiger partial charge in [0.2, 0.25) is 0 Å². The van der Waals surface area contributed by atoms with E-state index in [0.717, 1.165) is 83.2 Å². The lowest BCUT2D eigenvalue weighted by molar-refractivity contribution is 0.445. The highest BCUT2D eigenvalue weighted by Crippen LogP contribution is 2.48. The number of rotatable bonds is 7. The second-order valence-electron chi connectivity index (χ2n) is 16.6. The number of anilines is 3. The molecule has 0 bridgehead atoms. The number of fused-ring (bicyclic) bond motifs is 7. The summed E-state index contributed by atoms with van der Waals surface area (Å²) in [7, 11) is 0. The van der Waals surface area contributed by atoms with Gasteiger partial charge in [-0.15, -0.1) is 0 Å². The van der Waals surface area contributed by atoms with Gasteiger partial charge in [-0.05, 0) is 118 Å². The van der Waals surface area contributed by atoms with Crippen LogP contribution in [0.5, 0.6) is 0 Å². The minimum absolute atomic E-state index is 0.571. The summed E-state index contributed by atoms with van der Waals surface area (Å²) in [4.78, 5) is 2.46. The molecular weight excluding hydrogens is 743 g/mol. The Kier molecular flexibility index (Phi) is 8.59. The second kappa shape index (κ2) is 14.7. The van der Waals surface area contributed by atoms with E-state index in [1.165, 1.54) is 59.6 Å². The monoisotopic (exact) mass is 785 g/mol. The van der Waals surface area contributed by atoms with Gasteiger partial charge in [0.15, 0.2) is 0 Å². The molecule has 3 heteroatoms.